The van der Waals surface area contributed by atoms with Gasteiger partial charge in [-0.05, 0) is 25.7 Å². The molecule has 0 N–H and O–H groups in total. The quantitative estimate of drug-likeness (QED) is 0.708. The van der Waals surface area contributed by atoms with Crippen LogP contribution in [0.4, 0.5) is 0 Å². The Morgan fingerprint density at radius 1 is 0.421 bits per heavy atom. The van der Waals surface area contributed by atoms with Crippen molar-refractivity contribution in [2.75, 3.05) is 0 Å². The fourth-order valence-electron chi connectivity index (χ4n) is 3.55. The maximum absolute atomic E-state index is 5.49. The zero-order valence-corrected chi connectivity index (χ0v) is 11.7. The Kier molecular flexibility index (Phi) is 5.10. The molecule has 0 aromatic carbocycles. The van der Waals surface area contributed by atoms with Crippen LogP contribution in [0.3, 0.4) is 0 Å². The van der Waals surface area contributed by atoms with Crippen molar-refractivity contribution in [3.05, 3.63) is 0 Å². The Morgan fingerprint density at radius 2 is 0.737 bits per heavy atom. The fraction of sp³-hybridized carbons (Fsp3) is 1.00. The molecule has 0 spiro atoms. The third-order valence-electron chi connectivity index (χ3n) is 4.81. The van der Waals surface area contributed by atoms with Gasteiger partial charge in [-0.1, -0.05) is 44.9 Å². The maximum atomic E-state index is 5.49. The molecule has 19 heavy (non-hydrogen) atoms. The summed E-state index contributed by atoms with van der Waals surface area (Å²) in [6, 6.07) is 0. The molecule has 0 aromatic heterocycles. The first-order chi connectivity index (χ1) is 9.43. The van der Waals surface area contributed by atoms with Gasteiger partial charge in [-0.25, -0.2) is 0 Å². The van der Waals surface area contributed by atoms with Gasteiger partial charge in [0.25, 0.3) is 0 Å². The van der Waals surface area contributed by atoms with E-state index in [1.54, 1.807) is 0 Å². The second-order valence-electron chi connectivity index (χ2n) is 6.27. The zero-order chi connectivity index (χ0) is 12.9. The summed E-state index contributed by atoms with van der Waals surface area (Å²) >= 11 is 0. The van der Waals surface area contributed by atoms with Crippen LogP contribution < -0.4 is 0 Å². The van der Waals surface area contributed by atoms with Crippen molar-refractivity contribution in [3.63, 3.8) is 0 Å². The summed E-state index contributed by atoms with van der Waals surface area (Å²) in [5.74, 6) is 0.864. The lowest BCUT2D eigenvalue weighted by molar-refractivity contribution is -0.603. The Labute approximate surface area is 115 Å². The molecule has 0 amide bonds. The predicted molar refractivity (Wildman–Crippen MR) is 69.7 cm³/mol. The van der Waals surface area contributed by atoms with E-state index < -0.39 is 0 Å². The first-order valence-electron chi connectivity index (χ1n) is 8.08. The molecule has 0 unspecified atom stereocenters. The van der Waals surface area contributed by atoms with E-state index in [9.17, 15) is 0 Å². The van der Waals surface area contributed by atoms with E-state index in [-0.39, 0.29) is 12.6 Å². The van der Waals surface area contributed by atoms with Gasteiger partial charge in [0.1, 0.15) is 0 Å². The summed E-state index contributed by atoms with van der Waals surface area (Å²) in [6.45, 7) is 0. The van der Waals surface area contributed by atoms with Crippen LogP contribution in [0.2, 0.25) is 0 Å². The number of rotatable bonds is 2. The third-order valence-corrected chi connectivity index (χ3v) is 4.81. The molecule has 1 heterocycles. The van der Waals surface area contributed by atoms with E-state index in [1.807, 2.05) is 0 Å². The van der Waals surface area contributed by atoms with Gasteiger partial charge in [0.15, 0.2) is 0 Å². The number of hydrogen-bond donors (Lipinski definition) is 0. The van der Waals surface area contributed by atoms with Gasteiger partial charge < -0.3 is 0 Å². The molecule has 3 rings (SSSR count). The lowest BCUT2D eigenvalue weighted by Gasteiger charge is -2.34. The van der Waals surface area contributed by atoms with E-state index >= 15 is 0 Å². The first-order valence-corrected chi connectivity index (χ1v) is 8.08. The zero-order valence-electron chi connectivity index (χ0n) is 11.7. The third kappa shape index (κ3) is 3.69. The Hall–Kier alpha value is -0.160. The predicted octanol–water partition coefficient (Wildman–Crippen LogP) is 4.10. The van der Waals surface area contributed by atoms with Crippen molar-refractivity contribution in [2.45, 2.75) is 83.2 Å². The summed E-state index contributed by atoms with van der Waals surface area (Å²) < 4.78 is 0. The Morgan fingerprint density at radius 3 is 1.16 bits per heavy atom. The average molecular weight is 270 g/mol. The molecule has 1 saturated heterocycles. The van der Waals surface area contributed by atoms with E-state index in [0.29, 0.717) is 11.8 Å². The Bertz CT molecular complexity index is 249. The molecule has 110 valence electrons. The minimum Gasteiger partial charge on any atom is -0.198 e. The van der Waals surface area contributed by atoms with Crippen LogP contribution in [-0.2, 0) is 19.6 Å². The van der Waals surface area contributed by atoms with Gasteiger partial charge in [0, 0.05) is 11.8 Å². The highest BCUT2D eigenvalue weighted by Crippen LogP contribution is 2.35. The van der Waals surface area contributed by atoms with Crippen LogP contribution >= 0.6 is 0 Å². The van der Waals surface area contributed by atoms with Crippen LogP contribution in [0, 0.1) is 11.8 Å². The van der Waals surface area contributed by atoms with Gasteiger partial charge >= 0.3 is 0 Å². The van der Waals surface area contributed by atoms with Crippen LogP contribution in [0.5, 0.6) is 0 Å². The van der Waals surface area contributed by atoms with Crippen molar-refractivity contribution in [1.29, 1.82) is 0 Å². The molecular formula is C15H26O4. The maximum Gasteiger partial charge on any atom is 0.227 e. The molecular weight excluding hydrogens is 244 g/mol. The molecule has 0 radical (unpaired) electrons. The molecule has 4 heteroatoms. The molecule has 2 aliphatic carbocycles. The standard InChI is InChI=1S/C15H26O4/c1-2-4-8-12(9-5-3-1)14-16-18-15(19-17-14)13-10-6-7-11-13/h12-15H,1-11H2. The highest BCUT2D eigenvalue weighted by molar-refractivity contribution is 4.71. The molecule has 0 atom stereocenters. The van der Waals surface area contributed by atoms with Crippen LogP contribution in [0.25, 0.3) is 0 Å². The minimum atomic E-state index is -0.323. The Balaban J connectivity index is 1.45. The van der Waals surface area contributed by atoms with Crippen LogP contribution in [-0.4, -0.2) is 12.6 Å². The monoisotopic (exact) mass is 270 g/mol. The SMILES string of the molecule is C1CCCC(C2OOC(C3CCCC3)OO2)CCC1. The van der Waals surface area contributed by atoms with Crippen LogP contribution in [0.15, 0.2) is 0 Å². The first kappa shape index (κ1) is 13.8. The molecule has 0 bridgehead atoms. The largest absolute Gasteiger partial charge is 0.227 e. The van der Waals surface area contributed by atoms with Crippen molar-refractivity contribution in [3.8, 4) is 0 Å². The molecule has 1 aliphatic heterocycles. The molecule has 4 nitrogen and oxygen atoms in total. The van der Waals surface area contributed by atoms with Gasteiger partial charge in [0.2, 0.25) is 12.6 Å². The molecule has 3 aliphatic rings. The summed E-state index contributed by atoms with van der Waals surface area (Å²) in [5.41, 5.74) is 0. The van der Waals surface area contributed by atoms with E-state index in [0.717, 1.165) is 25.7 Å². The summed E-state index contributed by atoms with van der Waals surface area (Å²) in [6.07, 6.45) is 13.1. The summed E-state index contributed by atoms with van der Waals surface area (Å²) in [4.78, 5) is 21.9. The number of hydrogen-bond acceptors (Lipinski definition) is 4. The minimum absolute atomic E-state index is 0.313. The summed E-state index contributed by atoms with van der Waals surface area (Å²) in [7, 11) is 0. The average Bonchev–Trinajstić information content (AvgIpc) is 2.93. The molecule has 2 saturated carbocycles. The second-order valence-corrected chi connectivity index (χ2v) is 6.27. The fourth-order valence-corrected chi connectivity index (χ4v) is 3.55. The topological polar surface area (TPSA) is 36.9 Å². The lowest BCUT2D eigenvalue weighted by Crippen LogP contribution is -2.40. The lowest BCUT2D eigenvalue weighted by atomic mass is 9.91. The second kappa shape index (κ2) is 7.02. The van der Waals surface area contributed by atoms with E-state index in [2.05, 4.69) is 0 Å². The normalized spacial score (nSPS) is 36.0. The van der Waals surface area contributed by atoms with E-state index in [4.69, 9.17) is 19.6 Å². The summed E-state index contributed by atoms with van der Waals surface area (Å²) in [5, 5.41) is 0. The van der Waals surface area contributed by atoms with Gasteiger partial charge in [-0.3, -0.25) is 0 Å². The van der Waals surface area contributed by atoms with Crippen molar-refractivity contribution in [1.82, 2.24) is 0 Å². The van der Waals surface area contributed by atoms with Gasteiger partial charge in [-0.2, -0.15) is 19.6 Å². The van der Waals surface area contributed by atoms with Gasteiger partial charge in [0.05, 0.1) is 0 Å². The van der Waals surface area contributed by atoms with Crippen molar-refractivity contribution in [2.24, 2.45) is 11.8 Å². The van der Waals surface area contributed by atoms with Crippen molar-refractivity contribution < 1.29 is 19.6 Å². The highest BCUT2D eigenvalue weighted by Gasteiger charge is 2.36. The molecule has 3 fully saturated rings. The van der Waals surface area contributed by atoms with Gasteiger partial charge in [-0.15, -0.1) is 0 Å². The highest BCUT2D eigenvalue weighted by atomic mass is 17.4. The smallest absolute Gasteiger partial charge is 0.198 e. The van der Waals surface area contributed by atoms with E-state index in [1.165, 1.54) is 44.9 Å². The molecule has 0 aromatic rings. The van der Waals surface area contributed by atoms with Crippen molar-refractivity contribution >= 4 is 0 Å². The van der Waals surface area contributed by atoms with Crippen LogP contribution in [0.1, 0.15) is 70.6 Å².